The number of hydrogen-bond donors (Lipinski definition) is 2. The van der Waals surface area contributed by atoms with Crippen LogP contribution in [0.2, 0.25) is 0 Å². The Morgan fingerprint density at radius 2 is 1.82 bits per heavy atom. The zero-order chi connectivity index (χ0) is 39.7. The third-order valence-corrected chi connectivity index (χ3v) is 12.7. The Hall–Kier alpha value is -5.99. The lowest BCUT2D eigenvalue weighted by molar-refractivity contribution is -0.137. The summed E-state index contributed by atoms with van der Waals surface area (Å²) in [5, 5.41) is 39.0. The number of fused-ring (bicyclic) bond motifs is 1. The van der Waals surface area contributed by atoms with Crippen LogP contribution >= 0.6 is 0 Å². The highest BCUT2D eigenvalue weighted by Crippen LogP contribution is 2.39. The Labute approximate surface area is 332 Å². The molecular formula is C43H48N12O2. The minimum Gasteiger partial charge on any atom is -0.368 e. The molecule has 0 unspecified atom stereocenters. The number of aromatic nitrogens is 7. The minimum atomic E-state index is -0.658. The summed E-state index contributed by atoms with van der Waals surface area (Å²) < 4.78 is 3.35. The highest BCUT2D eigenvalue weighted by atomic mass is 16.2. The molecule has 6 heterocycles. The van der Waals surface area contributed by atoms with Crippen LogP contribution < -0.4 is 10.6 Å². The highest BCUT2D eigenvalue weighted by molar-refractivity contribution is 6.03. The molecule has 8 rings (SSSR count). The third kappa shape index (κ3) is 7.74. The van der Waals surface area contributed by atoms with E-state index in [1.807, 2.05) is 19.2 Å². The topological polar surface area (TPSA) is 183 Å². The average Bonchev–Trinajstić information content (AvgIpc) is 3.90. The number of anilines is 1. The molecule has 4 atom stereocenters. The fourth-order valence-electron chi connectivity index (χ4n) is 9.00. The second-order valence-electron chi connectivity index (χ2n) is 16.4. The van der Waals surface area contributed by atoms with Gasteiger partial charge in [-0.3, -0.25) is 14.9 Å². The van der Waals surface area contributed by atoms with Crippen molar-refractivity contribution in [2.24, 2.45) is 5.92 Å². The van der Waals surface area contributed by atoms with E-state index < -0.39 is 11.5 Å². The van der Waals surface area contributed by atoms with E-state index in [4.69, 9.17) is 0 Å². The van der Waals surface area contributed by atoms with Crippen molar-refractivity contribution in [3.8, 4) is 23.6 Å². The van der Waals surface area contributed by atoms with E-state index in [1.165, 1.54) is 31.0 Å². The maximum atomic E-state index is 12.7. The first-order chi connectivity index (χ1) is 27.6. The van der Waals surface area contributed by atoms with E-state index in [0.717, 1.165) is 55.4 Å². The zero-order valence-corrected chi connectivity index (χ0v) is 32.7. The molecule has 0 bridgehead atoms. The first-order valence-corrected chi connectivity index (χ1v) is 20.1. The standard InChI is InChI=1S/C43H48N12O2/c1-27(21-44)49-36-20-39(55-41-34(24-48-55)19-30(22-45)23-47-41)46-25-38(36)54-26-37(51-52-54)32-6-4-29(5-7-32)13-16-53-17-14-33(18-28(53)2)31-8-10-35(11-9-31)43(3)15-12-40(56)50-42(43)57/h8-11,19-20,23-29,32-33H,4-7,12-18H2,1-3H3,(H,46,49)(H,50,56,57)/t27-,28+,29?,32?,33-,43-/m1/s1. The molecule has 0 radical (unpaired) electrons. The van der Waals surface area contributed by atoms with Crippen molar-refractivity contribution < 1.29 is 9.59 Å². The fourth-order valence-corrected chi connectivity index (χ4v) is 9.00. The summed E-state index contributed by atoms with van der Waals surface area (Å²) in [7, 11) is 0. The molecule has 0 spiro atoms. The smallest absolute Gasteiger partial charge is 0.236 e. The Bertz CT molecular complexity index is 2360. The number of nitrogens with one attached hydrogen (secondary N) is 2. The van der Waals surface area contributed by atoms with Crippen molar-refractivity contribution in [2.75, 3.05) is 18.4 Å². The molecule has 2 aliphatic heterocycles. The molecule has 1 saturated carbocycles. The van der Waals surface area contributed by atoms with Crippen molar-refractivity contribution in [3.05, 3.63) is 83.6 Å². The monoisotopic (exact) mass is 764 g/mol. The Morgan fingerprint density at radius 3 is 2.56 bits per heavy atom. The lowest BCUT2D eigenvalue weighted by atomic mass is 9.75. The zero-order valence-electron chi connectivity index (χ0n) is 32.7. The Kier molecular flexibility index (Phi) is 10.6. The maximum Gasteiger partial charge on any atom is 0.236 e. The predicted molar refractivity (Wildman–Crippen MR) is 213 cm³/mol. The number of nitriles is 2. The van der Waals surface area contributed by atoms with Crippen LogP contribution in [-0.2, 0) is 15.0 Å². The van der Waals surface area contributed by atoms with Gasteiger partial charge in [-0.1, -0.05) is 29.5 Å². The van der Waals surface area contributed by atoms with Gasteiger partial charge in [0.1, 0.15) is 17.8 Å². The van der Waals surface area contributed by atoms with Gasteiger partial charge in [-0.15, -0.1) is 5.10 Å². The summed E-state index contributed by atoms with van der Waals surface area (Å²) in [6, 6.07) is 16.5. The van der Waals surface area contributed by atoms with Gasteiger partial charge in [-0.2, -0.15) is 20.3 Å². The highest BCUT2D eigenvalue weighted by Gasteiger charge is 2.40. The van der Waals surface area contributed by atoms with E-state index in [1.54, 1.807) is 34.7 Å². The van der Waals surface area contributed by atoms with E-state index in [-0.39, 0.29) is 11.8 Å². The van der Waals surface area contributed by atoms with Crippen LogP contribution in [0.1, 0.15) is 113 Å². The predicted octanol–water partition coefficient (Wildman–Crippen LogP) is 6.22. The minimum absolute atomic E-state index is 0.184. The van der Waals surface area contributed by atoms with Crippen molar-refractivity contribution in [2.45, 2.75) is 108 Å². The number of hydrogen-bond acceptors (Lipinski definition) is 11. The molecule has 57 heavy (non-hydrogen) atoms. The van der Waals surface area contributed by atoms with Crippen molar-refractivity contribution >= 4 is 28.5 Å². The number of likely N-dealkylation sites (tertiary alicyclic amines) is 1. The van der Waals surface area contributed by atoms with Gasteiger partial charge >= 0.3 is 0 Å². The van der Waals surface area contributed by atoms with Gasteiger partial charge in [0, 0.05) is 36.0 Å². The van der Waals surface area contributed by atoms with E-state index in [2.05, 4.69) is 84.2 Å². The second kappa shape index (κ2) is 15.9. The van der Waals surface area contributed by atoms with Crippen LogP contribution in [0.15, 0.2) is 61.2 Å². The van der Waals surface area contributed by atoms with Gasteiger partial charge in [0.25, 0.3) is 0 Å². The summed E-state index contributed by atoms with van der Waals surface area (Å²) in [5.74, 6) is 1.68. The van der Waals surface area contributed by atoms with Gasteiger partial charge in [0.15, 0.2) is 11.5 Å². The molecule has 3 fully saturated rings. The number of carbonyl (C=O) groups is 2. The number of carbonyl (C=O) groups excluding carboxylic acids is 2. The van der Waals surface area contributed by atoms with Gasteiger partial charge in [-0.25, -0.2) is 14.6 Å². The Morgan fingerprint density at radius 1 is 1.02 bits per heavy atom. The van der Waals surface area contributed by atoms with Gasteiger partial charge in [0.05, 0.1) is 47.0 Å². The number of benzene rings is 1. The average molecular weight is 765 g/mol. The molecule has 1 aliphatic carbocycles. The lowest BCUT2D eigenvalue weighted by Gasteiger charge is -2.39. The molecule has 14 heteroatoms. The molecule has 3 aliphatic rings. The summed E-state index contributed by atoms with van der Waals surface area (Å²) in [5.41, 5.74) is 5.02. The fraction of sp³-hybridized carbons (Fsp3) is 0.465. The molecule has 5 aromatic rings. The van der Waals surface area contributed by atoms with Crippen LogP contribution in [0, 0.1) is 28.6 Å². The van der Waals surface area contributed by atoms with E-state index >= 15 is 0 Å². The van der Waals surface area contributed by atoms with Crippen molar-refractivity contribution in [1.29, 1.82) is 10.5 Å². The van der Waals surface area contributed by atoms with E-state index in [9.17, 15) is 20.1 Å². The quantitative estimate of drug-likeness (QED) is 0.154. The molecule has 1 aromatic carbocycles. The summed E-state index contributed by atoms with van der Waals surface area (Å²) >= 11 is 0. The Balaban J connectivity index is 0.850. The second-order valence-corrected chi connectivity index (χ2v) is 16.4. The number of amides is 2. The molecule has 2 N–H and O–H groups in total. The van der Waals surface area contributed by atoms with Gasteiger partial charge < -0.3 is 10.2 Å². The lowest BCUT2D eigenvalue weighted by Crippen LogP contribution is -2.49. The van der Waals surface area contributed by atoms with Gasteiger partial charge in [0.2, 0.25) is 11.8 Å². The maximum absolute atomic E-state index is 12.7. The molecule has 4 aromatic heterocycles. The first kappa shape index (κ1) is 37.9. The summed E-state index contributed by atoms with van der Waals surface area (Å²) in [6.45, 7) is 8.30. The number of rotatable bonds is 10. The number of pyridine rings is 2. The largest absolute Gasteiger partial charge is 0.368 e. The third-order valence-electron chi connectivity index (χ3n) is 12.7. The van der Waals surface area contributed by atoms with Crippen LogP contribution in [0.4, 0.5) is 5.69 Å². The number of nitrogens with zero attached hydrogens (tertiary/aromatic N) is 10. The van der Waals surface area contributed by atoms with Crippen molar-refractivity contribution in [1.82, 2.24) is 45.0 Å². The van der Waals surface area contributed by atoms with Crippen LogP contribution in [0.25, 0.3) is 22.5 Å². The summed E-state index contributed by atoms with van der Waals surface area (Å²) in [6.07, 6.45) is 15.7. The van der Waals surface area contributed by atoms with Crippen LogP contribution in [0.3, 0.4) is 0 Å². The van der Waals surface area contributed by atoms with Crippen LogP contribution in [0.5, 0.6) is 0 Å². The molecular weight excluding hydrogens is 717 g/mol. The molecule has 2 saturated heterocycles. The molecule has 292 valence electrons. The number of imide groups is 1. The van der Waals surface area contributed by atoms with Gasteiger partial charge in [-0.05, 0) is 114 Å². The van der Waals surface area contributed by atoms with Crippen molar-refractivity contribution in [3.63, 3.8) is 0 Å². The molecule has 14 nitrogen and oxygen atoms in total. The van der Waals surface area contributed by atoms with E-state index in [0.29, 0.717) is 65.0 Å². The SMILES string of the molecule is C[C@H](C#N)Nc1cc(-n2ncc3cc(C#N)cnc32)ncc1-n1cc(C2CCC(CCN3CC[C@@H](c4ccc([C@@]5(C)CCC(=O)NC5=O)cc4)C[C@@H]3C)CC2)nn1. The normalized spacial score (nSPS) is 24.7. The summed E-state index contributed by atoms with van der Waals surface area (Å²) in [4.78, 5) is 36.1. The molecule has 2 amide bonds. The number of piperidine rings is 2. The van der Waals surface area contributed by atoms with Crippen LogP contribution in [-0.4, -0.2) is 76.6 Å². The first-order valence-electron chi connectivity index (χ1n) is 20.1.